The molecule has 0 unspecified atom stereocenters. The van der Waals surface area contributed by atoms with Gasteiger partial charge in [0, 0.05) is 26.2 Å². The Kier molecular flexibility index (Phi) is 4.37. The lowest BCUT2D eigenvalue weighted by atomic mass is 10.3. The fourth-order valence-electron chi connectivity index (χ4n) is 2.53. The van der Waals surface area contributed by atoms with Gasteiger partial charge in [-0.3, -0.25) is 4.79 Å². The summed E-state index contributed by atoms with van der Waals surface area (Å²) in [6.07, 6.45) is 0. The highest BCUT2D eigenvalue weighted by molar-refractivity contribution is 7.91. The van der Waals surface area contributed by atoms with Gasteiger partial charge in [-0.2, -0.15) is 0 Å². The molecule has 3 rings (SSSR count). The Morgan fingerprint density at radius 2 is 1.82 bits per heavy atom. The van der Waals surface area contributed by atoms with Crippen molar-refractivity contribution in [2.45, 2.75) is 6.92 Å². The Hall–Kier alpha value is -1.19. The zero-order valence-electron chi connectivity index (χ0n) is 12.4. The van der Waals surface area contributed by atoms with Crippen LogP contribution in [0.5, 0.6) is 0 Å². The molecule has 0 aromatic carbocycles. The fraction of sp³-hybridized carbons (Fsp3) is 0.692. The summed E-state index contributed by atoms with van der Waals surface area (Å²) in [5.41, 5.74) is 0.713. The van der Waals surface area contributed by atoms with Gasteiger partial charge in [-0.05, 0) is 6.92 Å². The second-order valence-electron chi connectivity index (χ2n) is 5.45. The molecule has 0 aliphatic carbocycles. The van der Waals surface area contributed by atoms with Crippen LogP contribution in [-0.2, 0) is 14.6 Å². The van der Waals surface area contributed by atoms with Crippen molar-refractivity contribution < 1.29 is 17.9 Å². The number of sulfone groups is 1. The van der Waals surface area contributed by atoms with Gasteiger partial charge in [0.2, 0.25) is 0 Å². The van der Waals surface area contributed by atoms with Crippen molar-refractivity contribution in [3.63, 3.8) is 0 Å². The Morgan fingerprint density at radius 1 is 1.18 bits per heavy atom. The van der Waals surface area contributed by atoms with Crippen LogP contribution in [-0.4, -0.2) is 75.1 Å². The molecule has 2 saturated heterocycles. The topological polar surface area (TPSA) is 79.8 Å². The third-order valence-electron chi connectivity index (χ3n) is 3.89. The Balaban J connectivity index is 1.74. The maximum Gasteiger partial charge on any atom is 0.265 e. The first kappa shape index (κ1) is 15.7. The van der Waals surface area contributed by atoms with Gasteiger partial charge in [-0.1, -0.05) is 11.3 Å². The van der Waals surface area contributed by atoms with Crippen molar-refractivity contribution in [3.05, 3.63) is 10.6 Å². The van der Waals surface area contributed by atoms with Crippen molar-refractivity contribution in [2.75, 3.05) is 55.8 Å². The normalized spacial score (nSPS) is 21.9. The molecule has 0 saturated carbocycles. The predicted octanol–water partition coefficient (Wildman–Crippen LogP) is 0.159. The molecule has 2 aliphatic rings. The van der Waals surface area contributed by atoms with Crippen molar-refractivity contribution in [2.24, 2.45) is 0 Å². The number of anilines is 1. The molecule has 2 fully saturated rings. The van der Waals surface area contributed by atoms with Crippen LogP contribution in [0.2, 0.25) is 0 Å². The smallest absolute Gasteiger partial charge is 0.265 e. The SMILES string of the molecule is Cc1nc(N2CCOCC2)sc1C(=O)N1CCS(=O)(=O)CC1. The van der Waals surface area contributed by atoms with Gasteiger partial charge in [-0.15, -0.1) is 0 Å². The van der Waals surface area contributed by atoms with E-state index >= 15 is 0 Å². The summed E-state index contributed by atoms with van der Waals surface area (Å²) < 4.78 is 28.3. The highest BCUT2D eigenvalue weighted by Crippen LogP contribution is 2.28. The molecular weight excluding hydrogens is 326 g/mol. The van der Waals surface area contributed by atoms with Crippen LogP contribution in [0.3, 0.4) is 0 Å². The van der Waals surface area contributed by atoms with Crippen LogP contribution in [0.1, 0.15) is 15.4 Å². The molecule has 0 atom stereocenters. The quantitative estimate of drug-likeness (QED) is 0.760. The number of morpholine rings is 1. The van der Waals surface area contributed by atoms with Gasteiger partial charge < -0.3 is 14.5 Å². The van der Waals surface area contributed by atoms with Crippen molar-refractivity contribution in [3.8, 4) is 0 Å². The number of carbonyl (C=O) groups excluding carboxylic acids is 1. The van der Waals surface area contributed by atoms with E-state index in [1.54, 1.807) is 4.90 Å². The molecule has 122 valence electrons. The number of hydrogen-bond donors (Lipinski definition) is 0. The van der Waals surface area contributed by atoms with Crippen molar-refractivity contribution in [1.82, 2.24) is 9.88 Å². The van der Waals surface area contributed by atoms with Gasteiger partial charge in [0.1, 0.15) is 4.88 Å². The minimum atomic E-state index is -2.98. The Bertz CT molecular complexity index is 651. The largest absolute Gasteiger partial charge is 0.378 e. The number of nitrogens with zero attached hydrogens (tertiary/aromatic N) is 3. The summed E-state index contributed by atoms with van der Waals surface area (Å²) in [5.74, 6) is -0.00998. The van der Waals surface area contributed by atoms with Gasteiger partial charge in [0.05, 0.1) is 30.4 Å². The van der Waals surface area contributed by atoms with E-state index in [4.69, 9.17) is 4.74 Å². The molecule has 2 aliphatic heterocycles. The van der Waals surface area contributed by atoms with Crippen LogP contribution in [0, 0.1) is 6.92 Å². The highest BCUT2D eigenvalue weighted by Gasteiger charge is 2.29. The zero-order valence-corrected chi connectivity index (χ0v) is 14.1. The van der Waals surface area contributed by atoms with E-state index in [0.717, 1.165) is 18.2 Å². The monoisotopic (exact) mass is 345 g/mol. The molecule has 0 bridgehead atoms. The van der Waals surface area contributed by atoms with E-state index in [-0.39, 0.29) is 30.5 Å². The number of ether oxygens (including phenoxy) is 1. The Labute approximate surface area is 133 Å². The first-order valence-electron chi connectivity index (χ1n) is 7.26. The van der Waals surface area contributed by atoms with E-state index in [1.807, 2.05) is 6.92 Å². The number of aromatic nitrogens is 1. The summed E-state index contributed by atoms with van der Waals surface area (Å²) in [7, 11) is -2.98. The van der Waals surface area contributed by atoms with Crippen molar-refractivity contribution >= 4 is 32.2 Å². The zero-order chi connectivity index (χ0) is 15.7. The third-order valence-corrected chi connectivity index (χ3v) is 6.71. The van der Waals surface area contributed by atoms with Gasteiger partial charge >= 0.3 is 0 Å². The fourth-order valence-corrected chi connectivity index (χ4v) is 4.82. The Morgan fingerprint density at radius 3 is 2.45 bits per heavy atom. The lowest BCUT2D eigenvalue weighted by molar-refractivity contribution is 0.0774. The molecule has 9 heteroatoms. The molecule has 3 heterocycles. The van der Waals surface area contributed by atoms with Crippen LogP contribution in [0.4, 0.5) is 5.13 Å². The molecule has 0 spiro atoms. The summed E-state index contributed by atoms with van der Waals surface area (Å²) in [6, 6.07) is 0. The van der Waals surface area contributed by atoms with Crippen LogP contribution in [0.25, 0.3) is 0 Å². The number of amides is 1. The van der Waals surface area contributed by atoms with Crippen LogP contribution >= 0.6 is 11.3 Å². The highest BCUT2D eigenvalue weighted by atomic mass is 32.2. The standard InChI is InChI=1S/C13H19N3O4S2/c1-10-11(12(17)15-4-8-22(18,19)9-5-15)21-13(14-10)16-2-6-20-7-3-16/h2-9H2,1H3. The lowest BCUT2D eigenvalue weighted by Gasteiger charge is -2.26. The van der Waals surface area contributed by atoms with E-state index < -0.39 is 9.84 Å². The number of hydrogen-bond acceptors (Lipinski definition) is 7. The summed E-state index contributed by atoms with van der Waals surface area (Å²) >= 11 is 1.39. The average molecular weight is 345 g/mol. The maximum absolute atomic E-state index is 12.6. The molecule has 22 heavy (non-hydrogen) atoms. The second kappa shape index (κ2) is 6.13. The number of rotatable bonds is 2. The van der Waals surface area contributed by atoms with Crippen LogP contribution in [0.15, 0.2) is 0 Å². The summed E-state index contributed by atoms with van der Waals surface area (Å²) in [4.78, 5) is 21.4. The van der Waals surface area contributed by atoms with Gasteiger partial charge in [0.15, 0.2) is 15.0 Å². The van der Waals surface area contributed by atoms with Crippen LogP contribution < -0.4 is 4.90 Å². The minimum Gasteiger partial charge on any atom is -0.378 e. The molecule has 1 amide bonds. The number of thiazole rings is 1. The number of aryl methyl sites for hydroxylation is 1. The van der Waals surface area contributed by atoms with E-state index in [2.05, 4.69) is 9.88 Å². The molecule has 0 radical (unpaired) electrons. The van der Waals surface area contributed by atoms with Crippen molar-refractivity contribution in [1.29, 1.82) is 0 Å². The molecule has 7 nitrogen and oxygen atoms in total. The summed E-state index contributed by atoms with van der Waals surface area (Å²) in [5, 5.41) is 0.841. The number of carbonyl (C=O) groups is 1. The predicted molar refractivity (Wildman–Crippen MR) is 84.4 cm³/mol. The molecular formula is C13H19N3O4S2. The molecule has 1 aromatic rings. The first-order chi connectivity index (χ1) is 10.5. The second-order valence-corrected chi connectivity index (χ2v) is 8.74. The van der Waals surface area contributed by atoms with E-state index in [1.165, 1.54) is 11.3 Å². The molecule has 1 aromatic heterocycles. The van der Waals surface area contributed by atoms with Gasteiger partial charge in [0.25, 0.3) is 5.91 Å². The minimum absolute atomic E-state index is 0.0485. The van der Waals surface area contributed by atoms with E-state index in [0.29, 0.717) is 23.8 Å². The first-order valence-corrected chi connectivity index (χ1v) is 9.90. The third kappa shape index (κ3) is 3.26. The average Bonchev–Trinajstić information content (AvgIpc) is 2.89. The summed E-state index contributed by atoms with van der Waals surface area (Å²) in [6.45, 7) is 5.27. The maximum atomic E-state index is 12.6. The van der Waals surface area contributed by atoms with Gasteiger partial charge in [-0.25, -0.2) is 13.4 Å². The lowest BCUT2D eigenvalue weighted by Crippen LogP contribution is -2.43. The molecule has 0 N–H and O–H groups in total. The van der Waals surface area contributed by atoms with E-state index in [9.17, 15) is 13.2 Å².